The molecule has 0 radical (unpaired) electrons. The first-order valence-electron chi connectivity index (χ1n) is 6.97. The van der Waals surface area contributed by atoms with Crippen molar-refractivity contribution >= 4 is 0 Å². The van der Waals surface area contributed by atoms with E-state index in [2.05, 4.69) is 5.32 Å². The molecule has 1 aliphatic heterocycles. The van der Waals surface area contributed by atoms with Crippen molar-refractivity contribution < 1.29 is 9.87 Å². The lowest BCUT2D eigenvalue weighted by Gasteiger charge is -2.22. The highest BCUT2D eigenvalue weighted by atomic mass is 19.1. The summed E-state index contributed by atoms with van der Waals surface area (Å²) in [6, 6.07) is -1.57. The molecule has 0 spiro atoms. The van der Waals surface area contributed by atoms with E-state index < -0.39 is 17.9 Å². The molecule has 1 aliphatic rings. The Kier molecular flexibility index (Phi) is 1.91. The Morgan fingerprint density at radius 3 is 2.57 bits per heavy atom. The summed E-state index contributed by atoms with van der Waals surface area (Å²) < 4.78 is 43.8. The van der Waals surface area contributed by atoms with Crippen LogP contribution in [0, 0.1) is 11.7 Å². The summed E-state index contributed by atoms with van der Waals surface area (Å²) in [6.07, 6.45) is 2.41. The van der Waals surface area contributed by atoms with Gasteiger partial charge in [0.15, 0.2) is 0 Å². The average molecular weight is 197 g/mol. The molecule has 0 saturated carbocycles. The fraction of sp³-hybridized carbons (Fsp3) is 0.500. The van der Waals surface area contributed by atoms with Gasteiger partial charge in [-0.1, -0.05) is 12.1 Å². The second-order valence-electron chi connectivity index (χ2n) is 3.69. The molecule has 1 aromatic carbocycles. The Balaban J connectivity index is 2.32. The zero-order valence-electron chi connectivity index (χ0n) is 12.0. The molecule has 14 heavy (non-hydrogen) atoms. The van der Waals surface area contributed by atoms with Crippen molar-refractivity contribution in [2.45, 2.75) is 19.3 Å². The monoisotopic (exact) mass is 197 g/mol. The van der Waals surface area contributed by atoms with Crippen LogP contribution in [0.25, 0.3) is 0 Å². The number of rotatable bonds is 2. The zero-order chi connectivity index (χ0) is 13.3. The van der Waals surface area contributed by atoms with E-state index in [4.69, 9.17) is 5.48 Å². The Bertz CT molecular complexity index is 429. The molecule has 76 valence electrons. The first-order valence-corrected chi connectivity index (χ1v) is 4.97. The number of hydrogen-bond acceptors (Lipinski definition) is 1. The van der Waals surface area contributed by atoms with Crippen molar-refractivity contribution in [3.8, 4) is 0 Å². The minimum Gasteiger partial charge on any atom is -0.317 e. The molecule has 1 nitrogen and oxygen atoms in total. The molecule has 1 saturated heterocycles. The molecule has 0 unspecified atom stereocenters. The molecule has 0 aliphatic carbocycles. The van der Waals surface area contributed by atoms with E-state index in [1.807, 2.05) is 0 Å². The minimum atomic E-state index is -1.06. The van der Waals surface area contributed by atoms with Gasteiger partial charge in [0.1, 0.15) is 5.82 Å². The lowest BCUT2D eigenvalue weighted by atomic mass is 9.91. The van der Waals surface area contributed by atoms with E-state index >= 15 is 0 Å². The van der Waals surface area contributed by atoms with Crippen LogP contribution in [0.1, 0.15) is 23.9 Å². The molecule has 0 amide bonds. The van der Waals surface area contributed by atoms with Crippen LogP contribution < -0.4 is 5.32 Å². The summed E-state index contributed by atoms with van der Waals surface area (Å²) in [7, 11) is 0. The molecule has 0 bridgehead atoms. The molecular formula is C12H16FN. The van der Waals surface area contributed by atoms with Gasteiger partial charge >= 0.3 is 0 Å². The highest BCUT2D eigenvalue weighted by Crippen LogP contribution is 2.17. The van der Waals surface area contributed by atoms with Crippen LogP contribution in [0.15, 0.2) is 24.2 Å². The Labute approximate surface area is 90.0 Å². The Hall–Kier alpha value is -0.890. The predicted molar refractivity (Wildman–Crippen MR) is 55.7 cm³/mol. The van der Waals surface area contributed by atoms with E-state index in [9.17, 15) is 4.39 Å². The van der Waals surface area contributed by atoms with Gasteiger partial charge in [0, 0.05) is 0 Å². The van der Waals surface area contributed by atoms with Gasteiger partial charge in [-0.3, -0.25) is 0 Å². The summed E-state index contributed by atoms with van der Waals surface area (Å²) >= 11 is 0. The van der Waals surface area contributed by atoms with Crippen LogP contribution in [-0.2, 0) is 6.42 Å². The molecule has 1 aromatic rings. The van der Waals surface area contributed by atoms with E-state index in [0.29, 0.717) is 17.9 Å². The Morgan fingerprint density at radius 2 is 1.93 bits per heavy atom. The standard InChI is InChI=1S/C12H16FN/c13-12-3-1-10(2-4-12)9-11-5-7-14-8-6-11/h1-4,11,14H,5-9H2/i1D,2D,3D,4D. The maximum absolute atomic E-state index is 13.4. The SMILES string of the molecule is [2H]c1c([2H])c(CC2CCNCC2)c([2H])c([2H])c1F. The first-order chi connectivity index (χ1) is 8.52. The van der Waals surface area contributed by atoms with Crippen molar-refractivity contribution in [3.63, 3.8) is 0 Å². The van der Waals surface area contributed by atoms with Crippen LogP contribution in [0.5, 0.6) is 0 Å². The van der Waals surface area contributed by atoms with E-state index in [-0.39, 0.29) is 12.1 Å². The quantitative estimate of drug-likeness (QED) is 0.767. The van der Waals surface area contributed by atoms with Crippen LogP contribution in [0.3, 0.4) is 0 Å². The molecule has 1 N–H and O–H groups in total. The van der Waals surface area contributed by atoms with Crippen molar-refractivity contribution in [3.05, 3.63) is 35.6 Å². The second-order valence-corrected chi connectivity index (χ2v) is 3.69. The highest BCUT2D eigenvalue weighted by molar-refractivity contribution is 5.16. The number of hydrogen-bond donors (Lipinski definition) is 1. The van der Waals surface area contributed by atoms with Crippen LogP contribution in [0.4, 0.5) is 4.39 Å². The zero-order valence-corrected chi connectivity index (χ0v) is 7.99. The van der Waals surface area contributed by atoms with Gasteiger partial charge in [-0.05, 0) is 55.9 Å². The number of halogens is 1. The van der Waals surface area contributed by atoms with Crippen LogP contribution in [0.2, 0.25) is 0 Å². The van der Waals surface area contributed by atoms with E-state index in [1.54, 1.807) is 0 Å². The van der Waals surface area contributed by atoms with Gasteiger partial charge in [-0.2, -0.15) is 0 Å². The minimum absolute atomic E-state index is 0.230. The summed E-state index contributed by atoms with van der Waals surface area (Å²) in [5.74, 6) is -0.706. The van der Waals surface area contributed by atoms with Gasteiger partial charge in [0.25, 0.3) is 0 Å². The van der Waals surface area contributed by atoms with Gasteiger partial charge < -0.3 is 5.32 Å². The van der Waals surface area contributed by atoms with Crippen molar-refractivity contribution in [1.82, 2.24) is 5.32 Å². The summed E-state index contributed by atoms with van der Waals surface area (Å²) in [5, 5.41) is 3.23. The van der Waals surface area contributed by atoms with Crippen molar-refractivity contribution in [2.75, 3.05) is 13.1 Å². The first kappa shape index (κ1) is 5.86. The second kappa shape index (κ2) is 4.56. The molecule has 2 rings (SSSR count). The number of piperidine rings is 1. The summed E-state index contributed by atoms with van der Waals surface area (Å²) in [6.45, 7) is 1.82. The predicted octanol–water partition coefficient (Wildman–Crippen LogP) is 2.37. The average Bonchev–Trinajstić information content (AvgIpc) is 2.40. The van der Waals surface area contributed by atoms with E-state index in [0.717, 1.165) is 25.9 Å². The molecule has 0 atom stereocenters. The van der Waals surface area contributed by atoms with Gasteiger partial charge in [0.2, 0.25) is 0 Å². The van der Waals surface area contributed by atoms with Crippen molar-refractivity contribution in [1.29, 1.82) is 0 Å². The maximum atomic E-state index is 13.4. The van der Waals surface area contributed by atoms with Gasteiger partial charge in [0.05, 0.1) is 5.48 Å². The lowest BCUT2D eigenvalue weighted by molar-refractivity contribution is 0.372. The van der Waals surface area contributed by atoms with E-state index in [1.165, 1.54) is 0 Å². The normalized spacial score (nSPS) is 22.4. The largest absolute Gasteiger partial charge is 0.317 e. The molecular weight excluding hydrogens is 177 g/mol. The molecule has 1 fully saturated rings. The van der Waals surface area contributed by atoms with Crippen LogP contribution >= 0.6 is 0 Å². The number of nitrogens with one attached hydrogen (secondary N) is 1. The molecule has 1 heterocycles. The maximum Gasteiger partial charge on any atom is 0.123 e. The number of benzene rings is 1. The third-order valence-corrected chi connectivity index (χ3v) is 2.60. The Morgan fingerprint density at radius 1 is 1.29 bits per heavy atom. The highest BCUT2D eigenvalue weighted by Gasteiger charge is 2.13. The third-order valence-electron chi connectivity index (χ3n) is 2.60. The van der Waals surface area contributed by atoms with Crippen molar-refractivity contribution in [2.24, 2.45) is 5.92 Å². The lowest BCUT2D eigenvalue weighted by Crippen LogP contribution is -2.28. The molecule has 0 aromatic heterocycles. The fourth-order valence-electron chi connectivity index (χ4n) is 1.80. The van der Waals surface area contributed by atoms with Gasteiger partial charge in [-0.15, -0.1) is 0 Å². The summed E-state index contributed by atoms with van der Waals surface area (Å²) in [5.41, 5.74) is 0.346. The van der Waals surface area contributed by atoms with Gasteiger partial charge in [-0.25, -0.2) is 4.39 Å². The molecule has 2 heteroatoms. The summed E-state index contributed by atoms with van der Waals surface area (Å²) in [4.78, 5) is 0. The third kappa shape index (κ3) is 2.55. The smallest absolute Gasteiger partial charge is 0.123 e. The topological polar surface area (TPSA) is 12.0 Å². The fourth-order valence-corrected chi connectivity index (χ4v) is 1.80. The van der Waals surface area contributed by atoms with Crippen LogP contribution in [-0.4, -0.2) is 13.1 Å².